The molecule has 0 heterocycles. The number of halogens is 1. The van der Waals surface area contributed by atoms with E-state index in [1.54, 1.807) is 24.3 Å². The zero-order valence-corrected chi connectivity index (χ0v) is 15.3. The molecule has 126 valence electrons. The van der Waals surface area contributed by atoms with E-state index in [-0.39, 0.29) is 0 Å². The lowest BCUT2D eigenvalue weighted by Crippen LogP contribution is -2.44. The average Bonchev–Trinajstić information content (AvgIpc) is 2.51. The van der Waals surface area contributed by atoms with Crippen LogP contribution >= 0.6 is 27.7 Å². The first-order valence-electron chi connectivity index (χ1n) is 6.91. The van der Waals surface area contributed by atoms with Crippen LogP contribution in [-0.4, -0.2) is 41.9 Å². The number of esters is 1. The van der Waals surface area contributed by atoms with Crippen molar-refractivity contribution in [2.45, 2.75) is 25.5 Å². The Balaban J connectivity index is 2.81. The van der Waals surface area contributed by atoms with Crippen LogP contribution in [0.5, 0.6) is 0 Å². The van der Waals surface area contributed by atoms with Gasteiger partial charge in [0.15, 0.2) is 6.10 Å². The van der Waals surface area contributed by atoms with Gasteiger partial charge in [0, 0.05) is 4.47 Å². The summed E-state index contributed by atoms with van der Waals surface area (Å²) < 4.78 is 5.61. The third-order valence-corrected chi connectivity index (χ3v) is 4.35. The number of ether oxygens (including phenoxy) is 1. The first-order valence-corrected chi connectivity index (χ1v) is 9.09. The Hall–Kier alpha value is -1.54. The molecule has 1 rings (SSSR count). The number of amides is 2. The van der Waals surface area contributed by atoms with E-state index >= 15 is 0 Å². The van der Waals surface area contributed by atoms with Gasteiger partial charge in [-0.15, -0.1) is 0 Å². The van der Waals surface area contributed by atoms with Crippen LogP contribution in [0.2, 0.25) is 0 Å². The zero-order valence-electron chi connectivity index (χ0n) is 12.9. The van der Waals surface area contributed by atoms with Gasteiger partial charge in [0.05, 0.1) is 5.56 Å². The lowest BCUT2D eigenvalue weighted by molar-refractivity contribution is -0.155. The van der Waals surface area contributed by atoms with Gasteiger partial charge in [0.1, 0.15) is 6.04 Å². The molecule has 0 aliphatic rings. The van der Waals surface area contributed by atoms with Gasteiger partial charge >= 0.3 is 5.97 Å². The van der Waals surface area contributed by atoms with Gasteiger partial charge in [0.2, 0.25) is 0 Å². The molecule has 2 atom stereocenters. The molecule has 0 bridgehead atoms. The van der Waals surface area contributed by atoms with Crippen molar-refractivity contribution in [3.05, 3.63) is 34.3 Å². The zero-order chi connectivity index (χ0) is 17.4. The maximum Gasteiger partial charge on any atom is 0.329 e. The summed E-state index contributed by atoms with van der Waals surface area (Å²) in [7, 11) is 0. The van der Waals surface area contributed by atoms with E-state index in [0.29, 0.717) is 22.2 Å². The van der Waals surface area contributed by atoms with Crippen LogP contribution in [0, 0.1) is 0 Å². The number of nitrogens with one attached hydrogen (secondary N) is 1. The third-order valence-electron chi connectivity index (χ3n) is 3.01. The number of rotatable bonds is 8. The highest BCUT2D eigenvalue weighted by Crippen LogP contribution is 2.16. The minimum atomic E-state index is -1.04. The van der Waals surface area contributed by atoms with Gasteiger partial charge in [-0.1, -0.05) is 12.1 Å². The molecule has 1 aromatic rings. The fraction of sp³-hybridized carbons (Fsp3) is 0.400. The fourth-order valence-electron chi connectivity index (χ4n) is 1.68. The van der Waals surface area contributed by atoms with Gasteiger partial charge in [0.25, 0.3) is 11.8 Å². The van der Waals surface area contributed by atoms with Crippen LogP contribution in [0.4, 0.5) is 0 Å². The minimum absolute atomic E-state index is 0.391. The Labute approximate surface area is 147 Å². The van der Waals surface area contributed by atoms with Crippen molar-refractivity contribution in [3.63, 3.8) is 0 Å². The highest BCUT2D eigenvalue weighted by molar-refractivity contribution is 9.10. The van der Waals surface area contributed by atoms with E-state index in [0.717, 1.165) is 0 Å². The largest absolute Gasteiger partial charge is 0.451 e. The molecule has 23 heavy (non-hydrogen) atoms. The standard InChI is InChI=1S/C15H19BrN2O4S/c1-9(13(17)19)22-15(21)12(7-8-23-2)18-14(20)10-5-3-4-6-11(10)16/h3-6,9,12H,7-8H2,1-2H3,(H2,17,19)(H,18,20)/t9-,12-/m1/s1. The Kier molecular flexibility index (Phi) is 8.11. The van der Waals surface area contributed by atoms with Gasteiger partial charge in [-0.3, -0.25) is 9.59 Å². The number of thioether (sulfide) groups is 1. The molecule has 6 nitrogen and oxygen atoms in total. The minimum Gasteiger partial charge on any atom is -0.451 e. The summed E-state index contributed by atoms with van der Waals surface area (Å²) in [6.07, 6.45) is 1.24. The van der Waals surface area contributed by atoms with Crippen LogP contribution in [0.15, 0.2) is 28.7 Å². The van der Waals surface area contributed by atoms with Crippen molar-refractivity contribution in [1.82, 2.24) is 5.32 Å². The molecule has 2 amide bonds. The molecular weight excluding hydrogens is 384 g/mol. The number of hydrogen-bond acceptors (Lipinski definition) is 5. The fourth-order valence-corrected chi connectivity index (χ4v) is 2.62. The topological polar surface area (TPSA) is 98.5 Å². The predicted molar refractivity (Wildman–Crippen MR) is 93.1 cm³/mol. The molecule has 8 heteroatoms. The quantitative estimate of drug-likeness (QED) is 0.644. The van der Waals surface area contributed by atoms with E-state index < -0.39 is 29.9 Å². The summed E-state index contributed by atoms with van der Waals surface area (Å²) in [5, 5.41) is 2.64. The predicted octanol–water partition coefficient (Wildman–Crippen LogP) is 1.72. The van der Waals surface area contributed by atoms with Gasteiger partial charge in [-0.25, -0.2) is 4.79 Å². The van der Waals surface area contributed by atoms with Crippen LogP contribution in [0.25, 0.3) is 0 Å². The van der Waals surface area contributed by atoms with Crippen molar-refractivity contribution < 1.29 is 19.1 Å². The number of carbonyl (C=O) groups is 3. The molecule has 0 saturated carbocycles. The average molecular weight is 403 g/mol. The molecule has 0 aliphatic heterocycles. The molecule has 0 aliphatic carbocycles. The lowest BCUT2D eigenvalue weighted by atomic mass is 10.1. The van der Waals surface area contributed by atoms with E-state index in [9.17, 15) is 14.4 Å². The van der Waals surface area contributed by atoms with E-state index in [1.807, 2.05) is 6.26 Å². The molecule has 0 saturated heterocycles. The van der Waals surface area contributed by atoms with Crippen molar-refractivity contribution in [2.75, 3.05) is 12.0 Å². The highest BCUT2D eigenvalue weighted by Gasteiger charge is 2.26. The summed E-state index contributed by atoms with van der Waals surface area (Å²) in [6.45, 7) is 1.39. The Morgan fingerprint density at radius 1 is 1.35 bits per heavy atom. The SMILES string of the molecule is CSCC[C@@H](NC(=O)c1ccccc1Br)C(=O)O[C@H](C)C(N)=O. The molecule has 0 fully saturated rings. The maximum absolute atomic E-state index is 12.3. The second-order valence-corrected chi connectivity index (χ2v) is 6.61. The van der Waals surface area contributed by atoms with Crippen LogP contribution in [0.1, 0.15) is 23.7 Å². The molecule has 0 spiro atoms. The summed E-state index contributed by atoms with van der Waals surface area (Å²) in [4.78, 5) is 35.5. The lowest BCUT2D eigenvalue weighted by Gasteiger charge is -2.19. The highest BCUT2D eigenvalue weighted by atomic mass is 79.9. The normalized spacial score (nSPS) is 13.0. The molecular formula is C15H19BrN2O4S. The van der Waals surface area contributed by atoms with E-state index in [1.165, 1.54) is 18.7 Å². The van der Waals surface area contributed by atoms with Gasteiger partial charge < -0.3 is 15.8 Å². The summed E-state index contributed by atoms with van der Waals surface area (Å²) in [5.74, 6) is -1.15. The summed E-state index contributed by atoms with van der Waals surface area (Å²) >= 11 is 4.83. The second kappa shape index (κ2) is 9.57. The number of hydrogen-bond donors (Lipinski definition) is 2. The van der Waals surface area contributed by atoms with Crippen molar-refractivity contribution in [1.29, 1.82) is 0 Å². The van der Waals surface area contributed by atoms with Crippen molar-refractivity contribution in [2.24, 2.45) is 5.73 Å². The first-order chi connectivity index (χ1) is 10.9. The monoisotopic (exact) mass is 402 g/mol. The Morgan fingerprint density at radius 2 is 2.00 bits per heavy atom. The van der Waals surface area contributed by atoms with Gasteiger partial charge in [-0.05, 0) is 53.4 Å². The Morgan fingerprint density at radius 3 is 2.57 bits per heavy atom. The summed E-state index contributed by atoms with van der Waals surface area (Å²) in [5.41, 5.74) is 5.50. The maximum atomic E-state index is 12.3. The van der Waals surface area contributed by atoms with Crippen LogP contribution < -0.4 is 11.1 Å². The molecule has 0 unspecified atom stereocenters. The third kappa shape index (κ3) is 6.23. The molecule has 0 aromatic heterocycles. The van der Waals surface area contributed by atoms with Crippen molar-refractivity contribution >= 4 is 45.5 Å². The van der Waals surface area contributed by atoms with Gasteiger partial charge in [-0.2, -0.15) is 11.8 Å². The van der Waals surface area contributed by atoms with Crippen LogP contribution in [0.3, 0.4) is 0 Å². The van der Waals surface area contributed by atoms with Crippen molar-refractivity contribution in [3.8, 4) is 0 Å². The van der Waals surface area contributed by atoms with E-state index in [4.69, 9.17) is 10.5 Å². The number of primary amides is 1. The van der Waals surface area contributed by atoms with Crippen LogP contribution in [-0.2, 0) is 14.3 Å². The molecule has 1 aromatic carbocycles. The number of carbonyl (C=O) groups excluding carboxylic acids is 3. The number of nitrogens with two attached hydrogens (primary N) is 1. The first kappa shape index (κ1) is 19.5. The second-order valence-electron chi connectivity index (χ2n) is 4.77. The smallest absolute Gasteiger partial charge is 0.329 e. The Bertz CT molecular complexity index is 582. The summed E-state index contributed by atoms with van der Waals surface area (Å²) in [6, 6.07) is 6.05. The molecule has 3 N–H and O–H groups in total. The number of benzene rings is 1. The van der Waals surface area contributed by atoms with E-state index in [2.05, 4.69) is 21.2 Å². The molecule has 0 radical (unpaired) electrons.